The van der Waals surface area contributed by atoms with Crippen molar-refractivity contribution in [1.82, 2.24) is 0 Å². The van der Waals surface area contributed by atoms with Crippen molar-refractivity contribution in [3.8, 4) is 5.75 Å². The van der Waals surface area contributed by atoms with E-state index in [9.17, 15) is 14.9 Å². The lowest BCUT2D eigenvalue weighted by molar-refractivity contribution is -0.384. The highest BCUT2D eigenvalue weighted by Gasteiger charge is 2.20. The van der Waals surface area contributed by atoms with Gasteiger partial charge in [0.05, 0.1) is 17.6 Å². The molecule has 116 valence electrons. The second-order valence-electron chi connectivity index (χ2n) is 4.65. The molecule has 0 saturated heterocycles. The Labute approximate surface area is 123 Å². The van der Waals surface area contributed by atoms with Crippen molar-refractivity contribution in [2.45, 2.75) is 33.2 Å². The van der Waals surface area contributed by atoms with Crippen molar-refractivity contribution in [3.63, 3.8) is 0 Å². The Balaban J connectivity index is 3.27. The maximum absolute atomic E-state index is 11.0. The predicted molar refractivity (Wildman–Crippen MR) is 79.0 cm³/mol. The zero-order valence-electron chi connectivity index (χ0n) is 12.4. The van der Waals surface area contributed by atoms with Crippen LogP contribution in [0, 0.1) is 10.1 Å². The third-order valence-corrected chi connectivity index (χ3v) is 3.16. The van der Waals surface area contributed by atoms with Crippen molar-refractivity contribution in [1.29, 1.82) is 0 Å². The Bertz CT molecular complexity index is 518. The molecule has 0 amide bonds. The number of carbonyl (C=O) groups is 1. The second kappa shape index (κ2) is 7.47. The number of hydrogen-bond acceptors (Lipinski definition) is 5. The molecule has 0 aliphatic rings. The number of nitro groups is 1. The number of benzene rings is 1. The van der Waals surface area contributed by atoms with Crippen molar-refractivity contribution >= 4 is 17.3 Å². The summed E-state index contributed by atoms with van der Waals surface area (Å²) in [5.41, 5.74) is 0.360. The average molecular weight is 296 g/mol. The molecule has 0 aliphatic carbocycles. The molecular formula is C14H20N2O5. The van der Waals surface area contributed by atoms with E-state index in [0.717, 1.165) is 6.42 Å². The van der Waals surface area contributed by atoms with Crippen molar-refractivity contribution in [3.05, 3.63) is 28.3 Å². The fourth-order valence-electron chi connectivity index (χ4n) is 1.96. The Hall–Kier alpha value is -2.31. The lowest BCUT2D eigenvalue weighted by Gasteiger charge is -2.29. The molecule has 0 radical (unpaired) electrons. The first kappa shape index (κ1) is 16.7. The van der Waals surface area contributed by atoms with Crippen LogP contribution >= 0.6 is 0 Å². The van der Waals surface area contributed by atoms with Gasteiger partial charge in [-0.2, -0.15) is 0 Å². The Morgan fingerprint density at radius 3 is 2.57 bits per heavy atom. The maximum atomic E-state index is 11.0. The van der Waals surface area contributed by atoms with Gasteiger partial charge in [0, 0.05) is 23.9 Å². The molecule has 1 rings (SSSR count). The van der Waals surface area contributed by atoms with Gasteiger partial charge in [0.15, 0.2) is 0 Å². The van der Waals surface area contributed by atoms with Gasteiger partial charge in [0.25, 0.3) is 5.69 Å². The lowest BCUT2D eigenvalue weighted by atomic mass is 10.1. The summed E-state index contributed by atoms with van der Waals surface area (Å²) in [5.74, 6) is -0.625. The third kappa shape index (κ3) is 4.62. The molecule has 21 heavy (non-hydrogen) atoms. The van der Waals surface area contributed by atoms with E-state index in [0.29, 0.717) is 18.0 Å². The van der Waals surface area contributed by atoms with E-state index < -0.39 is 10.9 Å². The van der Waals surface area contributed by atoms with E-state index in [2.05, 4.69) is 0 Å². The van der Waals surface area contributed by atoms with E-state index in [4.69, 9.17) is 9.84 Å². The van der Waals surface area contributed by atoms with E-state index in [1.54, 1.807) is 17.9 Å². The van der Waals surface area contributed by atoms with Crippen LogP contribution in [0.25, 0.3) is 0 Å². The summed E-state index contributed by atoms with van der Waals surface area (Å²) >= 11 is 0. The molecule has 7 nitrogen and oxygen atoms in total. The summed E-state index contributed by atoms with van der Waals surface area (Å²) in [7, 11) is 0. The van der Waals surface area contributed by atoms with Gasteiger partial charge >= 0.3 is 5.97 Å². The van der Waals surface area contributed by atoms with Gasteiger partial charge in [-0.15, -0.1) is 0 Å². The molecule has 1 aromatic rings. The molecule has 1 atom stereocenters. The molecule has 0 aromatic heterocycles. The number of nitro benzene ring substituents is 1. The largest absolute Gasteiger partial charge is 0.494 e. The maximum Gasteiger partial charge on any atom is 0.323 e. The van der Waals surface area contributed by atoms with E-state index in [1.807, 2.05) is 13.8 Å². The number of carboxylic acid groups (broad SMARTS) is 1. The predicted octanol–water partition coefficient (Wildman–Crippen LogP) is 2.68. The quantitative estimate of drug-likeness (QED) is 0.585. The van der Waals surface area contributed by atoms with Crippen LogP contribution in [0.2, 0.25) is 0 Å². The van der Waals surface area contributed by atoms with Gasteiger partial charge < -0.3 is 14.7 Å². The number of aliphatic carboxylic acids is 1. The summed E-state index contributed by atoms with van der Waals surface area (Å²) in [6.07, 6.45) is 0.722. The number of ether oxygens (including phenoxy) is 1. The highest BCUT2D eigenvalue weighted by molar-refractivity contribution is 5.74. The molecule has 0 heterocycles. The van der Waals surface area contributed by atoms with Crippen LogP contribution in [0.15, 0.2) is 18.2 Å². The molecule has 0 aliphatic heterocycles. The standard InChI is InChI=1S/C14H20N2O5/c1-4-10(3)15(9-14(17)18)11-6-12(16(19)20)8-13(7-11)21-5-2/h6-8,10H,4-5,9H2,1-3H3,(H,17,18). The molecule has 0 saturated carbocycles. The fourth-order valence-corrected chi connectivity index (χ4v) is 1.96. The Morgan fingerprint density at radius 2 is 2.10 bits per heavy atom. The smallest absolute Gasteiger partial charge is 0.323 e. The minimum Gasteiger partial charge on any atom is -0.494 e. The van der Waals surface area contributed by atoms with Crippen LogP contribution in [0.1, 0.15) is 27.2 Å². The first-order valence-electron chi connectivity index (χ1n) is 6.79. The zero-order chi connectivity index (χ0) is 16.0. The number of nitrogens with zero attached hydrogens (tertiary/aromatic N) is 2. The van der Waals surface area contributed by atoms with Crippen LogP contribution in [-0.2, 0) is 4.79 Å². The summed E-state index contributed by atoms with van der Waals surface area (Å²) in [5, 5.41) is 20.0. The Kier molecular flexibility index (Phi) is 5.95. The van der Waals surface area contributed by atoms with Gasteiger partial charge in [0.1, 0.15) is 12.3 Å². The minimum atomic E-state index is -0.986. The summed E-state index contributed by atoms with van der Waals surface area (Å²) in [4.78, 5) is 23.1. The number of carboxylic acids is 1. The first-order chi connectivity index (χ1) is 9.88. The van der Waals surface area contributed by atoms with Crippen LogP contribution in [-0.4, -0.2) is 35.2 Å². The van der Waals surface area contributed by atoms with Crippen LogP contribution < -0.4 is 9.64 Å². The molecule has 1 aromatic carbocycles. The van der Waals surface area contributed by atoms with Gasteiger partial charge in [-0.05, 0) is 20.3 Å². The third-order valence-electron chi connectivity index (χ3n) is 3.16. The molecule has 0 bridgehead atoms. The summed E-state index contributed by atoms with van der Waals surface area (Å²) in [6, 6.07) is 4.28. The van der Waals surface area contributed by atoms with Crippen molar-refractivity contribution < 1.29 is 19.6 Å². The highest BCUT2D eigenvalue weighted by Crippen LogP contribution is 2.30. The topological polar surface area (TPSA) is 92.9 Å². The highest BCUT2D eigenvalue weighted by atomic mass is 16.6. The monoisotopic (exact) mass is 296 g/mol. The molecule has 1 unspecified atom stereocenters. The van der Waals surface area contributed by atoms with Crippen LogP contribution in [0.4, 0.5) is 11.4 Å². The molecular weight excluding hydrogens is 276 g/mol. The first-order valence-corrected chi connectivity index (χ1v) is 6.79. The second-order valence-corrected chi connectivity index (χ2v) is 4.65. The summed E-state index contributed by atoms with van der Waals surface area (Å²) in [6.45, 7) is 5.75. The van der Waals surface area contributed by atoms with Crippen molar-refractivity contribution in [2.24, 2.45) is 0 Å². The van der Waals surface area contributed by atoms with Gasteiger partial charge in [-0.25, -0.2) is 0 Å². The minimum absolute atomic E-state index is 0.0578. The number of anilines is 1. The van der Waals surface area contributed by atoms with E-state index in [-0.39, 0.29) is 18.3 Å². The van der Waals surface area contributed by atoms with Gasteiger partial charge in [0.2, 0.25) is 0 Å². The molecule has 7 heteroatoms. The lowest BCUT2D eigenvalue weighted by Crippen LogP contribution is -2.37. The van der Waals surface area contributed by atoms with Crippen LogP contribution in [0.5, 0.6) is 5.75 Å². The normalized spacial score (nSPS) is 11.8. The zero-order valence-corrected chi connectivity index (χ0v) is 12.4. The number of non-ortho nitro benzene ring substituents is 1. The molecule has 0 spiro atoms. The van der Waals surface area contributed by atoms with E-state index in [1.165, 1.54) is 12.1 Å². The average Bonchev–Trinajstić information content (AvgIpc) is 2.43. The number of rotatable bonds is 8. The fraction of sp³-hybridized carbons (Fsp3) is 0.500. The van der Waals surface area contributed by atoms with Crippen molar-refractivity contribution in [2.75, 3.05) is 18.1 Å². The van der Waals surface area contributed by atoms with E-state index >= 15 is 0 Å². The SMILES string of the molecule is CCOc1cc(N(CC(=O)O)C(C)CC)cc([N+](=O)[O-])c1. The van der Waals surface area contributed by atoms with Gasteiger partial charge in [-0.1, -0.05) is 6.92 Å². The molecule has 0 fully saturated rings. The summed E-state index contributed by atoms with van der Waals surface area (Å²) < 4.78 is 5.33. The Morgan fingerprint density at radius 1 is 1.43 bits per heavy atom. The van der Waals surface area contributed by atoms with Crippen LogP contribution in [0.3, 0.4) is 0 Å². The molecule has 1 N–H and O–H groups in total. The number of hydrogen-bond donors (Lipinski definition) is 1. The van der Waals surface area contributed by atoms with Gasteiger partial charge in [-0.3, -0.25) is 14.9 Å².